The first-order valence-electron chi connectivity index (χ1n) is 6.65. The molecule has 0 amide bonds. The number of thioether (sulfide) groups is 1. The Bertz CT molecular complexity index is 543. The molecule has 108 valence electrons. The molecule has 1 aromatic heterocycles. The molecule has 2 aromatic rings. The lowest BCUT2D eigenvalue weighted by atomic mass is 10.2. The quantitative estimate of drug-likeness (QED) is 0.776. The minimum atomic E-state index is 0.383. The van der Waals surface area contributed by atoms with Crippen LogP contribution in [0.25, 0.3) is 0 Å². The summed E-state index contributed by atoms with van der Waals surface area (Å²) in [5, 5.41) is 7.58. The number of nitrogens with zero attached hydrogens (tertiary/aromatic N) is 3. The number of benzene rings is 1. The number of hydrogen-bond donors (Lipinski definition) is 1. The van der Waals surface area contributed by atoms with Crippen molar-refractivity contribution in [3.05, 3.63) is 40.9 Å². The number of halogens is 1. The van der Waals surface area contributed by atoms with E-state index in [1.807, 2.05) is 29.6 Å². The Balaban J connectivity index is 1.92. The van der Waals surface area contributed by atoms with Crippen molar-refractivity contribution in [2.75, 3.05) is 12.8 Å². The predicted molar refractivity (Wildman–Crippen MR) is 87.1 cm³/mol. The first-order chi connectivity index (χ1) is 9.72. The van der Waals surface area contributed by atoms with Crippen molar-refractivity contribution in [2.24, 2.45) is 0 Å². The van der Waals surface area contributed by atoms with Gasteiger partial charge in [-0.15, -0.1) is 11.8 Å². The van der Waals surface area contributed by atoms with Gasteiger partial charge in [0.25, 0.3) is 0 Å². The molecule has 0 aliphatic heterocycles. The van der Waals surface area contributed by atoms with Gasteiger partial charge in [-0.25, -0.2) is 4.98 Å². The summed E-state index contributed by atoms with van der Waals surface area (Å²) in [5.41, 5.74) is 0. The molecular formula is C14H19BrN4S. The summed E-state index contributed by atoms with van der Waals surface area (Å²) >= 11 is 5.36. The first kappa shape index (κ1) is 15.5. The number of likely N-dealkylation sites (N-methyl/N-ethyl adjacent to an activating group) is 1. The highest BCUT2D eigenvalue weighted by Gasteiger charge is 2.12. The number of aromatic nitrogens is 3. The SMILES string of the molecule is CCn1ncnc1CC(CSc1cccc(Br)c1)NC. The zero-order valence-corrected chi connectivity index (χ0v) is 14.1. The van der Waals surface area contributed by atoms with Crippen molar-refractivity contribution in [3.8, 4) is 0 Å². The molecule has 0 bridgehead atoms. The Morgan fingerprint density at radius 3 is 3.00 bits per heavy atom. The Morgan fingerprint density at radius 1 is 1.45 bits per heavy atom. The Labute approximate surface area is 132 Å². The zero-order chi connectivity index (χ0) is 14.4. The van der Waals surface area contributed by atoms with Gasteiger partial charge in [0.15, 0.2) is 0 Å². The third kappa shape index (κ3) is 4.33. The van der Waals surface area contributed by atoms with Crippen molar-refractivity contribution in [3.63, 3.8) is 0 Å². The fourth-order valence-electron chi connectivity index (χ4n) is 1.93. The molecule has 0 aliphatic carbocycles. The van der Waals surface area contributed by atoms with E-state index in [0.717, 1.165) is 29.0 Å². The maximum absolute atomic E-state index is 4.34. The van der Waals surface area contributed by atoms with Gasteiger partial charge >= 0.3 is 0 Å². The highest BCUT2D eigenvalue weighted by Crippen LogP contribution is 2.23. The van der Waals surface area contributed by atoms with Crippen LogP contribution in [0.4, 0.5) is 0 Å². The maximum atomic E-state index is 4.34. The van der Waals surface area contributed by atoms with E-state index in [4.69, 9.17) is 0 Å². The van der Waals surface area contributed by atoms with E-state index >= 15 is 0 Å². The Morgan fingerprint density at radius 2 is 2.30 bits per heavy atom. The third-order valence-electron chi connectivity index (χ3n) is 3.08. The summed E-state index contributed by atoms with van der Waals surface area (Å²) < 4.78 is 3.07. The molecule has 0 fully saturated rings. The largest absolute Gasteiger partial charge is 0.316 e. The number of hydrogen-bond acceptors (Lipinski definition) is 4. The summed E-state index contributed by atoms with van der Waals surface area (Å²) in [6, 6.07) is 8.77. The molecule has 6 heteroatoms. The second-order valence-corrected chi connectivity index (χ2v) is 6.46. The van der Waals surface area contributed by atoms with Gasteiger partial charge in [-0.2, -0.15) is 5.10 Å². The van der Waals surface area contributed by atoms with Gasteiger partial charge in [-0.05, 0) is 32.2 Å². The van der Waals surface area contributed by atoms with Gasteiger partial charge in [0, 0.05) is 34.1 Å². The van der Waals surface area contributed by atoms with Gasteiger partial charge < -0.3 is 5.32 Å². The van der Waals surface area contributed by atoms with Crippen LogP contribution >= 0.6 is 27.7 Å². The molecule has 0 saturated heterocycles. The van der Waals surface area contributed by atoms with Crippen molar-refractivity contribution in [1.29, 1.82) is 0 Å². The van der Waals surface area contributed by atoms with E-state index in [2.05, 4.69) is 56.5 Å². The second kappa shape index (κ2) is 7.81. The summed E-state index contributed by atoms with van der Waals surface area (Å²) in [7, 11) is 2.00. The molecule has 0 aliphatic rings. The average Bonchev–Trinajstić information content (AvgIpc) is 2.90. The summed E-state index contributed by atoms with van der Waals surface area (Å²) in [5.74, 6) is 2.05. The Kier molecular flexibility index (Phi) is 6.06. The lowest BCUT2D eigenvalue weighted by molar-refractivity contribution is 0.549. The molecule has 1 aromatic carbocycles. The predicted octanol–water partition coefficient (Wildman–Crippen LogP) is 2.98. The fourth-order valence-corrected chi connectivity index (χ4v) is 3.54. The molecule has 0 saturated carbocycles. The fraction of sp³-hybridized carbons (Fsp3) is 0.429. The van der Waals surface area contributed by atoms with Crippen molar-refractivity contribution >= 4 is 27.7 Å². The first-order valence-corrected chi connectivity index (χ1v) is 8.43. The van der Waals surface area contributed by atoms with E-state index in [9.17, 15) is 0 Å². The number of aryl methyl sites for hydroxylation is 1. The number of nitrogens with one attached hydrogen (secondary N) is 1. The van der Waals surface area contributed by atoms with Crippen molar-refractivity contribution in [1.82, 2.24) is 20.1 Å². The van der Waals surface area contributed by atoms with Crippen LogP contribution < -0.4 is 5.32 Å². The molecule has 20 heavy (non-hydrogen) atoms. The van der Waals surface area contributed by atoms with Crippen molar-refractivity contribution < 1.29 is 0 Å². The molecule has 1 unspecified atom stereocenters. The number of rotatable bonds is 7. The maximum Gasteiger partial charge on any atom is 0.138 e. The van der Waals surface area contributed by atoms with Crippen LogP contribution in [0.2, 0.25) is 0 Å². The second-order valence-electron chi connectivity index (χ2n) is 4.45. The molecule has 1 N–H and O–H groups in total. The minimum absolute atomic E-state index is 0.383. The highest BCUT2D eigenvalue weighted by atomic mass is 79.9. The summed E-state index contributed by atoms with van der Waals surface area (Å²) in [4.78, 5) is 5.61. The van der Waals surface area contributed by atoms with Crippen LogP contribution in [0.5, 0.6) is 0 Å². The van der Waals surface area contributed by atoms with E-state index in [-0.39, 0.29) is 0 Å². The lowest BCUT2D eigenvalue weighted by Gasteiger charge is -2.15. The van der Waals surface area contributed by atoms with Gasteiger partial charge in [0.05, 0.1) is 0 Å². The monoisotopic (exact) mass is 354 g/mol. The topological polar surface area (TPSA) is 42.7 Å². The van der Waals surface area contributed by atoms with E-state index in [1.165, 1.54) is 4.90 Å². The minimum Gasteiger partial charge on any atom is -0.316 e. The summed E-state index contributed by atoms with van der Waals surface area (Å²) in [6.45, 7) is 2.95. The molecule has 0 radical (unpaired) electrons. The van der Waals surface area contributed by atoms with Crippen molar-refractivity contribution in [2.45, 2.75) is 30.8 Å². The third-order valence-corrected chi connectivity index (χ3v) is 4.73. The molecule has 2 rings (SSSR count). The molecule has 0 spiro atoms. The zero-order valence-electron chi connectivity index (χ0n) is 11.7. The van der Waals surface area contributed by atoms with E-state index in [0.29, 0.717) is 6.04 Å². The van der Waals surface area contributed by atoms with Crippen LogP contribution in [0.15, 0.2) is 40.0 Å². The molecular weight excluding hydrogens is 336 g/mol. The smallest absolute Gasteiger partial charge is 0.138 e. The van der Waals surface area contributed by atoms with Gasteiger partial charge in [-0.3, -0.25) is 4.68 Å². The normalized spacial score (nSPS) is 12.6. The molecule has 1 heterocycles. The van der Waals surface area contributed by atoms with E-state index in [1.54, 1.807) is 6.33 Å². The van der Waals surface area contributed by atoms with Crippen LogP contribution in [0.1, 0.15) is 12.7 Å². The van der Waals surface area contributed by atoms with E-state index < -0.39 is 0 Å². The van der Waals surface area contributed by atoms with Crippen LogP contribution in [0.3, 0.4) is 0 Å². The molecule has 1 atom stereocenters. The van der Waals surface area contributed by atoms with Gasteiger partial charge in [0.2, 0.25) is 0 Å². The highest BCUT2D eigenvalue weighted by molar-refractivity contribution is 9.10. The van der Waals surface area contributed by atoms with Gasteiger partial charge in [-0.1, -0.05) is 22.0 Å². The van der Waals surface area contributed by atoms with Gasteiger partial charge in [0.1, 0.15) is 12.2 Å². The lowest BCUT2D eigenvalue weighted by Crippen LogP contribution is -2.31. The Hall–Kier alpha value is -0.850. The standard InChI is InChI=1S/C14H19BrN4S/c1-3-19-14(17-10-18-19)8-12(16-2)9-20-13-6-4-5-11(15)7-13/h4-7,10,12,16H,3,8-9H2,1-2H3. The molecule has 4 nitrogen and oxygen atoms in total. The van der Waals surface area contributed by atoms with Crippen LogP contribution in [0, 0.1) is 0 Å². The van der Waals surface area contributed by atoms with Crippen LogP contribution in [-0.2, 0) is 13.0 Å². The van der Waals surface area contributed by atoms with Crippen LogP contribution in [-0.4, -0.2) is 33.6 Å². The average molecular weight is 355 g/mol. The summed E-state index contributed by atoms with van der Waals surface area (Å²) in [6.07, 6.45) is 2.53.